The molecule has 0 aromatic carbocycles. The fourth-order valence-electron chi connectivity index (χ4n) is 1.70. The molecule has 7 heteroatoms. The summed E-state index contributed by atoms with van der Waals surface area (Å²) in [5.74, 6) is 0.720. The highest BCUT2D eigenvalue weighted by Crippen LogP contribution is 2.07. The number of nitrogens with zero attached hydrogens (tertiary/aromatic N) is 2. The van der Waals surface area contributed by atoms with Gasteiger partial charge in [-0.2, -0.15) is 8.42 Å². The van der Waals surface area contributed by atoms with Crippen molar-refractivity contribution in [3.8, 4) is 0 Å². The molecule has 1 N–H and O–H groups in total. The molecule has 0 aliphatic heterocycles. The Morgan fingerprint density at radius 2 is 1.95 bits per heavy atom. The average Bonchev–Trinajstić information content (AvgIpc) is 2.45. The molecule has 0 amide bonds. The van der Waals surface area contributed by atoms with Crippen molar-refractivity contribution < 1.29 is 12.6 Å². The number of hydrogen-bond acceptors (Lipinski definition) is 6. The summed E-state index contributed by atoms with van der Waals surface area (Å²) in [5.41, 5.74) is 1.69. The molecule has 0 saturated carbocycles. The molecule has 0 atom stereocenters. The van der Waals surface area contributed by atoms with Crippen molar-refractivity contribution in [1.29, 1.82) is 0 Å². The molecule has 2 aromatic heterocycles. The molecule has 6 nitrogen and oxygen atoms in total. The first-order valence-corrected chi connectivity index (χ1v) is 8.29. The van der Waals surface area contributed by atoms with Crippen molar-refractivity contribution in [3.63, 3.8) is 0 Å². The second-order valence-corrected chi connectivity index (χ2v) is 6.11. The zero-order valence-electron chi connectivity index (χ0n) is 11.7. The SMILES string of the molecule is CS(=O)(=O)OCCc1cccc(NCc2ccccn2)n1. The summed E-state index contributed by atoms with van der Waals surface area (Å²) in [4.78, 5) is 8.61. The quantitative estimate of drug-likeness (QED) is 0.783. The number of aromatic nitrogens is 2. The molecule has 0 aliphatic rings. The van der Waals surface area contributed by atoms with E-state index in [0.29, 0.717) is 13.0 Å². The number of rotatable bonds is 7. The van der Waals surface area contributed by atoms with E-state index >= 15 is 0 Å². The first-order chi connectivity index (χ1) is 10.0. The third-order valence-electron chi connectivity index (χ3n) is 2.64. The van der Waals surface area contributed by atoms with Crippen molar-refractivity contribution in [2.24, 2.45) is 0 Å². The van der Waals surface area contributed by atoms with Gasteiger partial charge in [0.1, 0.15) is 5.82 Å². The Balaban J connectivity index is 1.88. The van der Waals surface area contributed by atoms with Gasteiger partial charge in [-0.25, -0.2) is 4.98 Å². The summed E-state index contributed by atoms with van der Waals surface area (Å²) in [7, 11) is -3.40. The van der Waals surface area contributed by atoms with Gasteiger partial charge in [0.15, 0.2) is 0 Å². The van der Waals surface area contributed by atoms with Crippen LogP contribution in [0.25, 0.3) is 0 Å². The molecule has 0 aliphatic carbocycles. The Labute approximate surface area is 124 Å². The monoisotopic (exact) mass is 307 g/mol. The van der Waals surface area contributed by atoms with Gasteiger partial charge in [-0.05, 0) is 24.3 Å². The second kappa shape index (κ2) is 7.14. The Morgan fingerprint density at radius 3 is 2.67 bits per heavy atom. The van der Waals surface area contributed by atoms with Crippen LogP contribution in [0.4, 0.5) is 5.82 Å². The van der Waals surface area contributed by atoms with Crippen LogP contribution in [-0.4, -0.2) is 31.2 Å². The predicted molar refractivity (Wildman–Crippen MR) is 80.3 cm³/mol. The lowest BCUT2D eigenvalue weighted by Gasteiger charge is -2.07. The standard InChI is InChI=1S/C14H17N3O3S/c1-21(18,19)20-10-8-12-6-4-7-14(17-12)16-11-13-5-2-3-9-15-13/h2-7,9H,8,10-11H2,1H3,(H,16,17). The largest absolute Gasteiger partial charge is 0.364 e. The number of hydrogen-bond donors (Lipinski definition) is 1. The van der Waals surface area contributed by atoms with Gasteiger partial charge in [-0.1, -0.05) is 12.1 Å². The summed E-state index contributed by atoms with van der Waals surface area (Å²) in [6, 6.07) is 11.3. The minimum Gasteiger partial charge on any atom is -0.364 e. The van der Waals surface area contributed by atoms with E-state index in [2.05, 4.69) is 15.3 Å². The van der Waals surface area contributed by atoms with Crippen LogP contribution in [0.1, 0.15) is 11.4 Å². The highest BCUT2D eigenvalue weighted by molar-refractivity contribution is 7.85. The van der Waals surface area contributed by atoms with Crippen LogP contribution in [0.3, 0.4) is 0 Å². The zero-order valence-corrected chi connectivity index (χ0v) is 12.5. The van der Waals surface area contributed by atoms with Crippen LogP contribution in [0, 0.1) is 0 Å². The minimum absolute atomic E-state index is 0.0928. The van der Waals surface area contributed by atoms with Gasteiger partial charge in [0.2, 0.25) is 0 Å². The van der Waals surface area contributed by atoms with Gasteiger partial charge in [-0.3, -0.25) is 9.17 Å². The Kier molecular flexibility index (Phi) is 5.24. The first kappa shape index (κ1) is 15.4. The fourth-order valence-corrected chi connectivity index (χ4v) is 2.08. The van der Waals surface area contributed by atoms with E-state index in [9.17, 15) is 8.42 Å². The predicted octanol–water partition coefficient (Wildman–Crippen LogP) is 1.61. The molecule has 0 unspecified atom stereocenters. The molecule has 2 rings (SSSR count). The van der Waals surface area contributed by atoms with Gasteiger partial charge in [0.25, 0.3) is 10.1 Å². The normalized spacial score (nSPS) is 11.3. The van der Waals surface area contributed by atoms with E-state index in [-0.39, 0.29) is 6.61 Å². The molecule has 0 spiro atoms. The van der Waals surface area contributed by atoms with Gasteiger partial charge >= 0.3 is 0 Å². The molecular formula is C14H17N3O3S. The molecule has 0 bridgehead atoms. The molecular weight excluding hydrogens is 290 g/mol. The highest BCUT2D eigenvalue weighted by atomic mass is 32.2. The Hall–Kier alpha value is -1.99. The van der Waals surface area contributed by atoms with Gasteiger partial charge < -0.3 is 5.32 Å². The lowest BCUT2D eigenvalue weighted by Crippen LogP contribution is -2.08. The summed E-state index contributed by atoms with van der Waals surface area (Å²) in [6.07, 6.45) is 3.21. The Morgan fingerprint density at radius 1 is 1.14 bits per heavy atom. The molecule has 2 heterocycles. The summed E-state index contributed by atoms with van der Waals surface area (Å²) < 4.78 is 26.5. The lowest BCUT2D eigenvalue weighted by molar-refractivity contribution is 0.324. The lowest BCUT2D eigenvalue weighted by atomic mass is 10.3. The zero-order chi connectivity index (χ0) is 15.1. The molecule has 21 heavy (non-hydrogen) atoms. The minimum atomic E-state index is -3.40. The summed E-state index contributed by atoms with van der Waals surface area (Å²) in [6.45, 7) is 0.673. The van der Waals surface area contributed by atoms with E-state index in [4.69, 9.17) is 4.18 Å². The molecule has 2 aromatic rings. The maximum Gasteiger partial charge on any atom is 0.264 e. The third kappa shape index (κ3) is 5.88. The van der Waals surface area contributed by atoms with E-state index in [0.717, 1.165) is 23.5 Å². The summed E-state index contributed by atoms with van der Waals surface area (Å²) in [5, 5.41) is 3.18. The fraction of sp³-hybridized carbons (Fsp3) is 0.286. The van der Waals surface area contributed by atoms with Crippen LogP contribution in [0.5, 0.6) is 0 Å². The highest BCUT2D eigenvalue weighted by Gasteiger charge is 2.03. The maximum atomic E-state index is 10.9. The van der Waals surface area contributed by atoms with E-state index in [1.165, 1.54) is 0 Å². The Bertz CT molecular complexity index is 675. The van der Waals surface area contributed by atoms with Crippen LogP contribution in [0.15, 0.2) is 42.6 Å². The second-order valence-electron chi connectivity index (χ2n) is 4.46. The van der Waals surface area contributed by atoms with E-state index < -0.39 is 10.1 Å². The van der Waals surface area contributed by atoms with Crippen molar-refractivity contribution in [1.82, 2.24) is 9.97 Å². The number of nitrogens with one attached hydrogen (secondary N) is 1. The van der Waals surface area contributed by atoms with Crippen LogP contribution >= 0.6 is 0 Å². The number of anilines is 1. The van der Waals surface area contributed by atoms with Crippen LogP contribution in [-0.2, 0) is 27.3 Å². The van der Waals surface area contributed by atoms with Crippen molar-refractivity contribution in [2.45, 2.75) is 13.0 Å². The number of pyridine rings is 2. The molecule has 0 radical (unpaired) electrons. The molecule has 112 valence electrons. The first-order valence-electron chi connectivity index (χ1n) is 6.47. The topological polar surface area (TPSA) is 81.2 Å². The molecule has 0 saturated heterocycles. The summed E-state index contributed by atoms with van der Waals surface area (Å²) >= 11 is 0. The van der Waals surface area contributed by atoms with E-state index in [1.807, 2.05) is 36.4 Å². The third-order valence-corrected chi connectivity index (χ3v) is 3.23. The molecule has 0 fully saturated rings. The van der Waals surface area contributed by atoms with Gasteiger partial charge in [-0.15, -0.1) is 0 Å². The van der Waals surface area contributed by atoms with E-state index in [1.54, 1.807) is 6.20 Å². The van der Waals surface area contributed by atoms with Crippen LogP contribution in [0.2, 0.25) is 0 Å². The van der Waals surface area contributed by atoms with Crippen molar-refractivity contribution >= 4 is 15.9 Å². The average molecular weight is 307 g/mol. The van der Waals surface area contributed by atoms with Gasteiger partial charge in [0, 0.05) is 18.3 Å². The van der Waals surface area contributed by atoms with Crippen molar-refractivity contribution in [2.75, 3.05) is 18.2 Å². The smallest absolute Gasteiger partial charge is 0.264 e. The van der Waals surface area contributed by atoms with Crippen LogP contribution < -0.4 is 5.32 Å². The maximum absolute atomic E-state index is 10.9. The van der Waals surface area contributed by atoms with Crippen molar-refractivity contribution in [3.05, 3.63) is 54.0 Å². The van der Waals surface area contributed by atoms with Gasteiger partial charge in [0.05, 0.1) is 25.1 Å².